The molecule has 2 heterocycles. The maximum Gasteiger partial charge on any atom is 0.229 e. The number of phenolic OH excluding ortho intramolecular Hbond substituents is 2. The lowest BCUT2D eigenvalue weighted by molar-refractivity contribution is -0.277. The molecule has 164 valence electrons. The van der Waals surface area contributed by atoms with Crippen molar-refractivity contribution in [3.05, 3.63) is 52.7 Å². The van der Waals surface area contributed by atoms with E-state index in [2.05, 4.69) is 0 Å². The van der Waals surface area contributed by atoms with Crippen LogP contribution in [0, 0.1) is 0 Å². The molecule has 0 aliphatic carbocycles. The summed E-state index contributed by atoms with van der Waals surface area (Å²) in [5, 5.41) is 59.4. The number of hydrogen-bond acceptors (Lipinski definition) is 10. The molecule has 10 heteroatoms. The maximum absolute atomic E-state index is 12.5. The monoisotopic (exact) mass is 432 g/mol. The Morgan fingerprint density at radius 3 is 2.39 bits per heavy atom. The Balaban J connectivity index is 1.73. The normalized spacial score (nSPS) is 26.1. The second kappa shape index (κ2) is 8.17. The summed E-state index contributed by atoms with van der Waals surface area (Å²) in [4.78, 5) is 12.5. The van der Waals surface area contributed by atoms with Gasteiger partial charge in [0.1, 0.15) is 58.4 Å². The fraction of sp³-hybridized carbons (Fsp3) is 0.286. The molecule has 6 N–H and O–H groups in total. The summed E-state index contributed by atoms with van der Waals surface area (Å²) in [7, 11) is 0. The van der Waals surface area contributed by atoms with Crippen LogP contribution in [0.4, 0.5) is 0 Å². The van der Waals surface area contributed by atoms with Gasteiger partial charge in [-0.2, -0.15) is 0 Å². The van der Waals surface area contributed by atoms with Crippen LogP contribution in [0.15, 0.2) is 51.7 Å². The van der Waals surface area contributed by atoms with Gasteiger partial charge in [0.15, 0.2) is 5.43 Å². The van der Waals surface area contributed by atoms with Crippen LogP contribution >= 0.6 is 0 Å². The van der Waals surface area contributed by atoms with E-state index in [9.17, 15) is 35.4 Å². The Hall–Kier alpha value is -3.15. The minimum absolute atomic E-state index is 0.0555. The molecule has 1 fully saturated rings. The standard InChI is InChI=1S/C21H20O10/c22-8-16-18(26)19(27)20(28)21(31-16)29-9-5-12(24)17-13(25)7-14(30-15(17)6-9)10-3-1-2-4-11(10)23/h1-7,16,18-24,26-28H,8H2. The molecule has 5 atom stereocenters. The summed E-state index contributed by atoms with van der Waals surface area (Å²) in [5.41, 5.74) is -0.358. The second-order valence-corrected chi connectivity index (χ2v) is 7.12. The lowest BCUT2D eigenvalue weighted by Crippen LogP contribution is -2.60. The van der Waals surface area contributed by atoms with E-state index in [-0.39, 0.29) is 33.8 Å². The van der Waals surface area contributed by atoms with E-state index in [1.807, 2.05) is 0 Å². The lowest BCUT2D eigenvalue weighted by atomic mass is 9.99. The van der Waals surface area contributed by atoms with E-state index < -0.39 is 48.5 Å². The van der Waals surface area contributed by atoms with Gasteiger partial charge in [0, 0.05) is 18.2 Å². The molecule has 1 aliphatic heterocycles. The quantitative estimate of drug-likeness (QED) is 0.331. The van der Waals surface area contributed by atoms with E-state index in [1.54, 1.807) is 18.2 Å². The lowest BCUT2D eigenvalue weighted by Gasteiger charge is -2.39. The third-order valence-electron chi connectivity index (χ3n) is 5.05. The van der Waals surface area contributed by atoms with Gasteiger partial charge in [0.05, 0.1) is 12.2 Å². The van der Waals surface area contributed by atoms with Crippen LogP contribution in [-0.4, -0.2) is 68.0 Å². The largest absolute Gasteiger partial charge is 0.507 e. The van der Waals surface area contributed by atoms with Crippen molar-refractivity contribution in [2.24, 2.45) is 0 Å². The Kier molecular flexibility index (Phi) is 5.56. The SMILES string of the molecule is O=c1cc(-c2ccccc2O)oc2cc(OC3OC(CO)C(O)C(O)C3O)cc(O)c12. The molecule has 0 bridgehead atoms. The van der Waals surface area contributed by atoms with Gasteiger partial charge in [-0.1, -0.05) is 12.1 Å². The average molecular weight is 432 g/mol. The molecule has 0 spiro atoms. The molecule has 3 aromatic rings. The molecule has 2 aromatic carbocycles. The third-order valence-corrected chi connectivity index (χ3v) is 5.05. The zero-order chi connectivity index (χ0) is 22.3. The number of rotatable bonds is 4. The van der Waals surface area contributed by atoms with Crippen LogP contribution in [0.1, 0.15) is 0 Å². The zero-order valence-electron chi connectivity index (χ0n) is 16.0. The van der Waals surface area contributed by atoms with Crippen LogP contribution in [0.3, 0.4) is 0 Å². The fourth-order valence-electron chi connectivity index (χ4n) is 3.43. The van der Waals surface area contributed by atoms with E-state index in [0.717, 1.165) is 12.1 Å². The van der Waals surface area contributed by atoms with Crippen LogP contribution < -0.4 is 10.2 Å². The number of para-hydroxylation sites is 1. The highest BCUT2D eigenvalue weighted by Crippen LogP contribution is 2.35. The fourth-order valence-corrected chi connectivity index (χ4v) is 3.43. The van der Waals surface area contributed by atoms with Crippen molar-refractivity contribution in [1.29, 1.82) is 0 Å². The zero-order valence-corrected chi connectivity index (χ0v) is 16.0. The number of aliphatic hydroxyl groups excluding tert-OH is 4. The van der Waals surface area contributed by atoms with Gasteiger partial charge in [0.2, 0.25) is 6.29 Å². The summed E-state index contributed by atoms with van der Waals surface area (Å²) in [6.07, 6.45) is -7.52. The highest BCUT2D eigenvalue weighted by atomic mass is 16.7. The van der Waals surface area contributed by atoms with Crippen molar-refractivity contribution in [3.63, 3.8) is 0 Å². The number of aliphatic hydroxyl groups is 4. The number of fused-ring (bicyclic) bond motifs is 1. The molecule has 1 saturated heterocycles. The van der Waals surface area contributed by atoms with Gasteiger partial charge >= 0.3 is 0 Å². The predicted molar refractivity (Wildman–Crippen MR) is 106 cm³/mol. The molecule has 1 aliphatic rings. The van der Waals surface area contributed by atoms with Crippen molar-refractivity contribution in [2.45, 2.75) is 30.7 Å². The third kappa shape index (κ3) is 3.82. The molecular weight excluding hydrogens is 412 g/mol. The molecule has 31 heavy (non-hydrogen) atoms. The molecule has 5 unspecified atom stereocenters. The summed E-state index contributed by atoms with van der Waals surface area (Å²) in [6, 6.07) is 9.73. The van der Waals surface area contributed by atoms with E-state index >= 15 is 0 Å². The van der Waals surface area contributed by atoms with E-state index in [0.29, 0.717) is 0 Å². The highest BCUT2D eigenvalue weighted by molar-refractivity contribution is 5.86. The molecule has 0 amide bonds. The van der Waals surface area contributed by atoms with Gasteiger partial charge in [-0.3, -0.25) is 4.79 Å². The Bertz CT molecular complexity index is 1150. The van der Waals surface area contributed by atoms with Crippen LogP contribution in [0.5, 0.6) is 17.2 Å². The van der Waals surface area contributed by atoms with Crippen molar-refractivity contribution in [2.75, 3.05) is 6.61 Å². The molecule has 0 saturated carbocycles. The van der Waals surface area contributed by atoms with Gasteiger partial charge < -0.3 is 44.5 Å². The summed E-state index contributed by atoms with van der Waals surface area (Å²) in [6.45, 7) is -0.632. The molecule has 4 rings (SSSR count). The van der Waals surface area contributed by atoms with E-state index in [4.69, 9.17) is 13.9 Å². The number of benzene rings is 2. The minimum atomic E-state index is -1.66. The van der Waals surface area contributed by atoms with Crippen LogP contribution in [-0.2, 0) is 4.74 Å². The smallest absolute Gasteiger partial charge is 0.229 e. The first-order chi connectivity index (χ1) is 14.8. The molecular formula is C21H20O10. The number of phenols is 2. The Morgan fingerprint density at radius 2 is 1.68 bits per heavy atom. The summed E-state index contributed by atoms with van der Waals surface area (Å²) < 4.78 is 16.5. The topological polar surface area (TPSA) is 170 Å². The predicted octanol–water partition coefficient (Wildman–Crippen LogP) is 0.0499. The summed E-state index contributed by atoms with van der Waals surface area (Å²) >= 11 is 0. The number of hydrogen-bond donors (Lipinski definition) is 6. The first kappa shape index (κ1) is 21.1. The molecule has 10 nitrogen and oxygen atoms in total. The minimum Gasteiger partial charge on any atom is -0.507 e. The number of ether oxygens (including phenoxy) is 2. The first-order valence-electron chi connectivity index (χ1n) is 9.36. The molecule has 0 radical (unpaired) electrons. The molecule has 1 aromatic heterocycles. The number of aromatic hydroxyl groups is 2. The van der Waals surface area contributed by atoms with Crippen molar-refractivity contribution < 1.29 is 44.5 Å². The van der Waals surface area contributed by atoms with Crippen molar-refractivity contribution in [1.82, 2.24) is 0 Å². The maximum atomic E-state index is 12.5. The highest BCUT2D eigenvalue weighted by Gasteiger charge is 2.44. The average Bonchev–Trinajstić information content (AvgIpc) is 2.74. The van der Waals surface area contributed by atoms with Gasteiger partial charge in [-0.25, -0.2) is 0 Å². The van der Waals surface area contributed by atoms with Crippen LogP contribution in [0.2, 0.25) is 0 Å². The Morgan fingerprint density at radius 1 is 0.935 bits per heavy atom. The van der Waals surface area contributed by atoms with Gasteiger partial charge in [-0.05, 0) is 12.1 Å². The van der Waals surface area contributed by atoms with Crippen molar-refractivity contribution >= 4 is 11.0 Å². The van der Waals surface area contributed by atoms with Crippen LogP contribution in [0.25, 0.3) is 22.3 Å². The Labute approximate surface area is 174 Å². The van der Waals surface area contributed by atoms with Gasteiger partial charge in [0.25, 0.3) is 0 Å². The van der Waals surface area contributed by atoms with E-state index in [1.165, 1.54) is 12.1 Å². The van der Waals surface area contributed by atoms with Gasteiger partial charge in [-0.15, -0.1) is 0 Å². The first-order valence-corrected chi connectivity index (χ1v) is 9.36. The van der Waals surface area contributed by atoms with Crippen molar-refractivity contribution in [3.8, 4) is 28.6 Å². The summed E-state index contributed by atoms with van der Waals surface area (Å²) in [5.74, 6) is -0.593. The second-order valence-electron chi connectivity index (χ2n) is 7.12.